The summed E-state index contributed by atoms with van der Waals surface area (Å²) in [5.74, 6) is 0.298. The molecule has 0 radical (unpaired) electrons. The second-order valence-electron chi connectivity index (χ2n) is 6.97. The largest absolute Gasteiger partial charge is 0.495 e. The highest BCUT2D eigenvalue weighted by Crippen LogP contribution is 2.24. The van der Waals surface area contributed by atoms with Gasteiger partial charge >= 0.3 is 0 Å². The van der Waals surface area contributed by atoms with E-state index < -0.39 is 5.91 Å². The van der Waals surface area contributed by atoms with Crippen molar-refractivity contribution in [1.82, 2.24) is 4.98 Å². The van der Waals surface area contributed by atoms with Crippen LogP contribution in [-0.4, -0.2) is 71.0 Å². The van der Waals surface area contributed by atoms with Gasteiger partial charge in [-0.2, -0.15) is 0 Å². The van der Waals surface area contributed by atoms with Crippen LogP contribution >= 0.6 is 0 Å². The monoisotopic (exact) mass is 445 g/mol. The number of hydrogen-bond acceptors (Lipinski definition) is 8. The summed E-state index contributed by atoms with van der Waals surface area (Å²) in [5, 5.41) is 5.54. The Morgan fingerprint density at radius 3 is 2.41 bits per heavy atom. The molecule has 0 aliphatic heterocycles. The van der Waals surface area contributed by atoms with Crippen LogP contribution in [0.25, 0.3) is 0 Å². The van der Waals surface area contributed by atoms with Crippen molar-refractivity contribution in [2.45, 2.75) is 6.42 Å². The molecular formula is C22H31N5O5. The van der Waals surface area contributed by atoms with Crippen LogP contribution in [-0.2, 0) is 14.3 Å². The summed E-state index contributed by atoms with van der Waals surface area (Å²) in [7, 11) is 5.29. The SMILES string of the molecule is COc1ccc(NC(=O)c2ccc(N(C)C)cc2NC(=O)CCOCCOCCN)nc1. The number of anilines is 3. The van der Waals surface area contributed by atoms with Crippen molar-refractivity contribution < 1.29 is 23.8 Å². The van der Waals surface area contributed by atoms with Crippen LogP contribution in [0.5, 0.6) is 5.75 Å². The average Bonchev–Trinajstić information content (AvgIpc) is 2.78. The summed E-state index contributed by atoms with van der Waals surface area (Å²) in [6.45, 7) is 1.98. The number of amides is 2. The molecule has 0 aliphatic carbocycles. The normalized spacial score (nSPS) is 10.5. The van der Waals surface area contributed by atoms with Crippen molar-refractivity contribution in [3.63, 3.8) is 0 Å². The zero-order valence-corrected chi connectivity index (χ0v) is 18.7. The number of nitrogens with two attached hydrogens (primary N) is 1. The van der Waals surface area contributed by atoms with Crippen molar-refractivity contribution in [2.24, 2.45) is 5.73 Å². The van der Waals surface area contributed by atoms with Crippen molar-refractivity contribution >= 4 is 29.0 Å². The molecule has 0 bridgehead atoms. The first kappa shape index (κ1) is 25.1. The van der Waals surface area contributed by atoms with E-state index in [1.54, 1.807) is 30.3 Å². The van der Waals surface area contributed by atoms with Gasteiger partial charge in [-0.15, -0.1) is 0 Å². The minimum atomic E-state index is -0.392. The van der Waals surface area contributed by atoms with Gasteiger partial charge < -0.3 is 35.5 Å². The molecule has 0 saturated heterocycles. The first-order valence-corrected chi connectivity index (χ1v) is 10.2. The van der Waals surface area contributed by atoms with Crippen molar-refractivity contribution in [1.29, 1.82) is 0 Å². The summed E-state index contributed by atoms with van der Waals surface area (Å²) >= 11 is 0. The third kappa shape index (κ3) is 8.14. The number of benzene rings is 1. The standard InChI is InChI=1S/C22H31N5O5/c1-27(2)16-4-6-18(22(29)26-20-7-5-17(30-3)15-24-20)19(14-16)25-21(28)8-10-31-12-13-32-11-9-23/h4-7,14-15H,8-13,23H2,1-3H3,(H,25,28)(H,24,26,29). The lowest BCUT2D eigenvalue weighted by Crippen LogP contribution is -2.21. The predicted octanol–water partition coefficient (Wildman–Crippen LogP) is 1.73. The van der Waals surface area contributed by atoms with Crippen LogP contribution < -0.4 is 26.0 Å². The number of hydrogen-bond donors (Lipinski definition) is 3. The fourth-order valence-corrected chi connectivity index (χ4v) is 2.65. The molecule has 1 aromatic heterocycles. The fourth-order valence-electron chi connectivity index (χ4n) is 2.65. The summed E-state index contributed by atoms with van der Waals surface area (Å²) in [5.41, 5.74) is 6.90. The van der Waals surface area contributed by atoms with Gasteiger partial charge in [0.05, 0.1) is 57.4 Å². The van der Waals surface area contributed by atoms with Crippen LogP contribution in [0.3, 0.4) is 0 Å². The molecule has 0 unspecified atom stereocenters. The third-order valence-electron chi connectivity index (χ3n) is 4.36. The van der Waals surface area contributed by atoms with Gasteiger partial charge in [0.1, 0.15) is 11.6 Å². The smallest absolute Gasteiger partial charge is 0.258 e. The van der Waals surface area contributed by atoms with Crippen LogP contribution in [0.15, 0.2) is 36.5 Å². The number of carbonyl (C=O) groups is 2. The molecule has 0 spiro atoms. The Morgan fingerprint density at radius 2 is 1.78 bits per heavy atom. The lowest BCUT2D eigenvalue weighted by molar-refractivity contribution is -0.117. The maximum atomic E-state index is 12.8. The molecule has 1 aromatic carbocycles. The second-order valence-corrected chi connectivity index (χ2v) is 6.97. The lowest BCUT2D eigenvalue weighted by Gasteiger charge is -2.17. The van der Waals surface area contributed by atoms with E-state index >= 15 is 0 Å². The van der Waals surface area contributed by atoms with Crippen molar-refractivity contribution in [3.05, 3.63) is 42.1 Å². The minimum Gasteiger partial charge on any atom is -0.495 e. The Hall–Kier alpha value is -3.21. The van der Waals surface area contributed by atoms with Crippen LogP contribution in [0.4, 0.5) is 17.2 Å². The van der Waals surface area contributed by atoms with Gasteiger partial charge in [0.25, 0.3) is 5.91 Å². The van der Waals surface area contributed by atoms with E-state index in [0.29, 0.717) is 49.2 Å². The highest BCUT2D eigenvalue weighted by molar-refractivity contribution is 6.10. The van der Waals surface area contributed by atoms with E-state index in [0.717, 1.165) is 5.69 Å². The quantitative estimate of drug-likeness (QED) is 0.398. The van der Waals surface area contributed by atoms with Crippen molar-refractivity contribution in [2.75, 3.05) is 69.7 Å². The molecule has 2 rings (SSSR count). The van der Waals surface area contributed by atoms with Gasteiger partial charge in [-0.1, -0.05) is 0 Å². The van der Waals surface area contributed by atoms with E-state index in [2.05, 4.69) is 15.6 Å². The van der Waals surface area contributed by atoms with Crippen LogP contribution in [0, 0.1) is 0 Å². The maximum Gasteiger partial charge on any atom is 0.258 e. The number of nitrogens with zero attached hydrogens (tertiary/aromatic N) is 2. The average molecular weight is 446 g/mol. The van der Waals surface area contributed by atoms with Gasteiger partial charge in [0.15, 0.2) is 0 Å². The summed E-state index contributed by atoms with van der Waals surface area (Å²) in [6, 6.07) is 8.54. The Kier molecular flexibility index (Phi) is 10.4. The van der Waals surface area contributed by atoms with Gasteiger partial charge in [0, 0.05) is 26.3 Å². The molecule has 174 valence electrons. The molecule has 1 heterocycles. The van der Waals surface area contributed by atoms with E-state index in [1.807, 2.05) is 19.0 Å². The highest BCUT2D eigenvalue weighted by atomic mass is 16.5. The topological polar surface area (TPSA) is 128 Å². The second kappa shape index (κ2) is 13.3. The number of nitrogens with one attached hydrogen (secondary N) is 2. The Labute approximate surface area is 188 Å². The van der Waals surface area contributed by atoms with E-state index in [1.165, 1.54) is 13.3 Å². The van der Waals surface area contributed by atoms with E-state index in [9.17, 15) is 9.59 Å². The Bertz CT molecular complexity index is 874. The highest BCUT2D eigenvalue weighted by Gasteiger charge is 2.16. The first-order chi connectivity index (χ1) is 15.4. The molecule has 0 aliphatic rings. The van der Waals surface area contributed by atoms with Gasteiger partial charge in [0.2, 0.25) is 5.91 Å². The Morgan fingerprint density at radius 1 is 1.03 bits per heavy atom. The Balaban J connectivity index is 2.01. The number of ether oxygens (including phenoxy) is 3. The van der Waals surface area contributed by atoms with Gasteiger partial charge in [-0.05, 0) is 30.3 Å². The van der Waals surface area contributed by atoms with Crippen LogP contribution in [0.2, 0.25) is 0 Å². The molecule has 10 heteroatoms. The van der Waals surface area contributed by atoms with Crippen molar-refractivity contribution in [3.8, 4) is 5.75 Å². The van der Waals surface area contributed by atoms with Gasteiger partial charge in [-0.25, -0.2) is 4.98 Å². The minimum absolute atomic E-state index is 0.143. The lowest BCUT2D eigenvalue weighted by atomic mass is 10.1. The number of rotatable bonds is 13. The zero-order chi connectivity index (χ0) is 23.3. The molecule has 2 amide bonds. The molecule has 0 atom stereocenters. The molecule has 0 saturated carbocycles. The van der Waals surface area contributed by atoms with Gasteiger partial charge in [-0.3, -0.25) is 9.59 Å². The van der Waals surface area contributed by atoms with E-state index in [-0.39, 0.29) is 18.9 Å². The molecule has 10 nitrogen and oxygen atoms in total. The predicted molar refractivity (Wildman–Crippen MR) is 123 cm³/mol. The zero-order valence-electron chi connectivity index (χ0n) is 18.7. The number of pyridine rings is 1. The molecular weight excluding hydrogens is 414 g/mol. The number of methoxy groups -OCH3 is 1. The molecule has 0 fully saturated rings. The fraction of sp³-hybridized carbons (Fsp3) is 0.409. The summed E-state index contributed by atoms with van der Waals surface area (Å²) < 4.78 is 15.7. The molecule has 32 heavy (non-hydrogen) atoms. The number of aromatic nitrogens is 1. The first-order valence-electron chi connectivity index (χ1n) is 10.2. The van der Waals surface area contributed by atoms with E-state index in [4.69, 9.17) is 19.9 Å². The molecule has 4 N–H and O–H groups in total. The van der Waals surface area contributed by atoms with Crippen LogP contribution in [0.1, 0.15) is 16.8 Å². The maximum absolute atomic E-state index is 12.8. The molecule has 2 aromatic rings. The third-order valence-corrected chi connectivity index (χ3v) is 4.36. The number of carbonyl (C=O) groups excluding carboxylic acids is 2. The summed E-state index contributed by atoms with van der Waals surface area (Å²) in [6.07, 6.45) is 1.65. The summed E-state index contributed by atoms with van der Waals surface area (Å²) in [4.78, 5) is 31.3.